The molecule has 0 atom stereocenters. The molecule has 1 aliphatic rings. The molecule has 1 saturated carbocycles. The van der Waals surface area contributed by atoms with Crippen LogP contribution in [0.3, 0.4) is 0 Å². The van der Waals surface area contributed by atoms with Crippen molar-refractivity contribution in [1.82, 2.24) is 10.1 Å². The van der Waals surface area contributed by atoms with Gasteiger partial charge in [0.05, 0.1) is 5.56 Å². The molecule has 5 heteroatoms. The molecule has 1 fully saturated rings. The minimum Gasteiger partial charge on any atom is -0.339 e. The SMILES string of the molecule is NC1(Cc2nc(-c3ccccc3F)no2)CCCCC1. The zero-order valence-electron chi connectivity index (χ0n) is 11.3. The molecular formula is C15H18FN3O. The fraction of sp³-hybridized carbons (Fsp3) is 0.467. The van der Waals surface area contributed by atoms with E-state index < -0.39 is 0 Å². The molecule has 20 heavy (non-hydrogen) atoms. The fourth-order valence-corrected chi connectivity index (χ4v) is 2.81. The van der Waals surface area contributed by atoms with Gasteiger partial charge in [-0.3, -0.25) is 0 Å². The third-order valence-electron chi connectivity index (χ3n) is 3.94. The molecule has 0 bridgehead atoms. The van der Waals surface area contributed by atoms with Crippen molar-refractivity contribution in [3.63, 3.8) is 0 Å². The highest BCUT2D eigenvalue weighted by molar-refractivity contribution is 5.54. The van der Waals surface area contributed by atoms with Gasteiger partial charge in [0.25, 0.3) is 0 Å². The normalized spacial score (nSPS) is 18.1. The average molecular weight is 275 g/mol. The van der Waals surface area contributed by atoms with E-state index in [0.29, 0.717) is 17.9 Å². The molecule has 0 radical (unpaired) electrons. The lowest BCUT2D eigenvalue weighted by Crippen LogP contribution is -2.43. The predicted molar refractivity (Wildman–Crippen MR) is 73.4 cm³/mol. The summed E-state index contributed by atoms with van der Waals surface area (Å²) in [5.74, 6) is 0.435. The molecule has 0 amide bonds. The van der Waals surface area contributed by atoms with E-state index in [0.717, 1.165) is 25.7 Å². The van der Waals surface area contributed by atoms with E-state index in [1.165, 1.54) is 12.5 Å². The Kier molecular flexibility index (Phi) is 3.53. The van der Waals surface area contributed by atoms with Crippen LogP contribution in [0.25, 0.3) is 11.4 Å². The minimum absolute atomic E-state index is 0.253. The van der Waals surface area contributed by atoms with Gasteiger partial charge in [-0.25, -0.2) is 4.39 Å². The Morgan fingerprint density at radius 3 is 2.70 bits per heavy atom. The Morgan fingerprint density at radius 2 is 1.95 bits per heavy atom. The van der Waals surface area contributed by atoms with Gasteiger partial charge in [0, 0.05) is 12.0 Å². The van der Waals surface area contributed by atoms with Crippen LogP contribution in [-0.2, 0) is 6.42 Å². The van der Waals surface area contributed by atoms with Gasteiger partial charge in [-0.1, -0.05) is 36.6 Å². The van der Waals surface area contributed by atoms with Crippen molar-refractivity contribution in [2.24, 2.45) is 5.73 Å². The topological polar surface area (TPSA) is 64.9 Å². The Hall–Kier alpha value is -1.75. The first-order valence-electron chi connectivity index (χ1n) is 7.03. The van der Waals surface area contributed by atoms with E-state index >= 15 is 0 Å². The molecule has 2 aromatic rings. The molecule has 2 N–H and O–H groups in total. The van der Waals surface area contributed by atoms with Crippen molar-refractivity contribution in [3.8, 4) is 11.4 Å². The first-order valence-corrected chi connectivity index (χ1v) is 7.03. The summed E-state index contributed by atoms with van der Waals surface area (Å²) >= 11 is 0. The van der Waals surface area contributed by atoms with E-state index in [-0.39, 0.29) is 17.2 Å². The minimum atomic E-state index is -0.347. The second kappa shape index (κ2) is 5.32. The van der Waals surface area contributed by atoms with E-state index in [2.05, 4.69) is 10.1 Å². The summed E-state index contributed by atoms with van der Waals surface area (Å²) in [6, 6.07) is 6.41. The van der Waals surface area contributed by atoms with E-state index in [9.17, 15) is 4.39 Å². The van der Waals surface area contributed by atoms with Crippen molar-refractivity contribution >= 4 is 0 Å². The summed E-state index contributed by atoms with van der Waals surface area (Å²) in [4.78, 5) is 4.28. The molecule has 1 heterocycles. The monoisotopic (exact) mass is 275 g/mol. The molecular weight excluding hydrogens is 257 g/mol. The van der Waals surface area contributed by atoms with Crippen molar-refractivity contribution in [2.45, 2.75) is 44.1 Å². The van der Waals surface area contributed by atoms with Gasteiger partial charge >= 0.3 is 0 Å². The molecule has 1 aromatic heterocycles. The van der Waals surface area contributed by atoms with Gasteiger partial charge < -0.3 is 10.3 Å². The van der Waals surface area contributed by atoms with Crippen molar-refractivity contribution in [2.75, 3.05) is 0 Å². The quantitative estimate of drug-likeness (QED) is 0.934. The fourth-order valence-electron chi connectivity index (χ4n) is 2.81. The van der Waals surface area contributed by atoms with E-state index in [1.807, 2.05) is 0 Å². The van der Waals surface area contributed by atoms with Gasteiger partial charge in [0.1, 0.15) is 5.82 Å². The summed E-state index contributed by atoms with van der Waals surface area (Å²) in [7, 11) is 0. The molecule has 0 saturated heterocycles. The maximum Gasteiger partial charge on any atom is 0.228 e. The zero-order chi connectivity index (χ0) is 14.0. The number of hydrogen-bond donors (Lipinski definition) is 1. The van der Waals surface area contributed by atoms with Crippen molar-refractivity contribution in [1.29, 1.82) is 0 Å². The number of halogens is 1. The Bertz CT molecular complexity index is 590. The molecule has 4 nitrogen and oxygen atoms in total. The summed E-state index contributed by atoms with van der Waals surface area (Å²) < 4.78 is 18.9. The Balaban J connectivity index is 1.79. The first-order chi connectivity index (χ1) is 9.66. The molecule has 0 unspecified atom stereocenters. The number of aromatic nitrogens is 2. The van der Waals surface area contributed by atoms with Crippen molar-refractivity contribution in [3.05, 3.63) is 36.0 Å². The summed E-state index contributed by atoms with van der Waals surface area (Å²) in [6.07, 6.45) is 6.04. The largest absolute Gasteiger partial charge is 0.339 e. The third-order valence-corrected chi connectivity index (χ3v) is 3.94. The number of nitrogens with zero attached hydrogens (tertiary/aromatic N) is 2. The second-order valence-corrected chi connectivity index (χ2v) is 5.59. The molecule has 0 aliphatic heterocycles. The second-order valence-electron chi connectivity index (χ2n) is 5.59. The van der Waals surface area contributed by atoms with Crippen LogP contribution < -0.4 is 5.73 Å². The molecule has 106 valence electrons. The Labute approximate surface area is 117 Å². The number of hydrogen-bond acceptors (Lipinski definition) is 4. The predicted octanol–water partition coefficient (Wildman–Crippen LogP) is 3.08. The lowest BCUT2D eigenvalue weighted by molar-refractivity contribution is 0.261. The molecule has 1 aromatic carbocycles. The van der Waals surface area contributed by atoms with E-state index in [4.69, 9.17) is 10.3 Å². The van der Waals surface area contributed by atoms with Gasteiger partial charge in [-0.2, -0.15) is 4.98 Å². The third kappa shape index (κ3) is 2.72. The van der Waals surface area contributed by atoms with Gasteiger partial charge in [-0.05, 0) is 25.0 Å². The van der Waals surface area contributed by atoms with Crippen LogP contribution >= 0.6 is 0 Å². The summed E-state index contributed by atoms with van der Waals surface area (Å²) in [5, 5.41) is 3.86. The van der Waals surface area contributed by atoms with Crippen LogP contribution in [0.5, 0.6) is 0 Å². The molecule has 0 spiro atoms. The molecule has 1 aliphatic carbocycles. The standard InChI is InChI=1S/C15H18FN3O/c16-12-7-3-2-6-11(12)14-18-13(20-19-14)10-15(17)8-4-1-5-9-15/h2-3,6-7H,1,4-5,8-10,17H2. The van der Waals surface area contributed by atoms with Crippen LogP contribution in [0.15, 0.2) is 28.8 Å². The van der Waals surface area contributed by atoms with Gasteiger partial charge in [0.2, 0.25) is 11.7 Å². The van der Waals surface area contributed by atoms with Crippen LogP contribution in [0.2, 0.25) is 0 Å². The zero-order valence-corrected chi connectivity index (χ0v) is 11.3. The van der Waals surface area contributed by atoms with Crippen LogP contribution in [-0.4, -0.2) is 15.7 Å². The molecule has 3 rings (SSSR count). The highest BCUT2D eigenvalue weighted by Gasteiger charge is 2.30. The Morgan fingerprint density at radius 1 is 1.20 bits per heavy atom. The maximum absolute atomic E-state index is 13.7. The summed E-state index contributed by atoms with van der Waals surface area (Å²) in [6.45, 7) is 0. The number of nitrogens with two attached hydrogens (primary N) is 1. The van der Waals surface area contributed by atoms with Crippen LogP contribution in [0.1, 0.15) is 38.0 Å². The lowest BCUT2D eigenvalue weighted by atomic mass is 9.80. The number of rotatable bonds is 3. The maximum atomic E-state index is 13.7. The van der Waals surface area contributed by atoms with Gasteiger partial charge in [-0.15, -0.1) is 0 Å². The van der Waals surface area contributed by atoms with Crippen LogP contribution in [0.4, 0.5) is 4.39 Å². The van der Waals surface area contributed by atoms with E-state index in [1.54, 1.807) is 18.2 Å². The highest BCUT2D eigenvalue weighted by Crippen LogP contribution is 2.29. The average Bonchev–Trinajstić information content (AvgIpc) is 2.87. The van der Waals surface area contributed by atoms with Crippen LogP contribution in [0, 0.1) is 5.82 Å². The smallest absolute Gasteiger partial charge is 0.228 e. The van der Waals surface area contributed by atoms with Gasteiger partial charge in [0.15, 0.2) is 0 Å². The summed E-state index contributed by atoms with van der Waals surface area (Å²) in [5.41, 5.74) is 6.47. The first kappa shape index (κ1) is 13.2. The van der Waals surface area contributed by atoms with Crippen molar-refractivity contribution < 1.29 is 8.91 Å². The number of benzene rings is 1. The lowest BCUT2D eigenvalue weighted by Gasteiger charge is -2.31. The highest BCUT2D eigenvalue weighted by atomic mass is 19.1.